The highest BCUT2D eigenvalue weighted by atomic mass is 19.3. The van der Waals surface area contributed by atoms with Gasteiger partial charge in [-0.2, -0.15) is 4.98 Å². The first-order valence-corrected chi connectivity index (χ1v) is 12.8. The van der Waals surface area contributed by atoms with Crippen LogP contribution in [-0.4, -0.2) is 57.5 Å². The highest BCUT2D eigenvalue weighted by Gasteiger charge is 2.27. The largest absolute Gasteiger partial charge is 0.459 e. The van der Waals surface area contributed by atoms with Crippen LogP contribution < -0.4 is 10.1 Å². The standard InChI is InChI=1S/C27H33F2N5O2/c1-33-24-12-15-34(16-23(24)32-27(33)36-17-25(28)29)14-11-18-7-9-19(10-8-18)31-26(35)21-4-2-6-22-20(21)5-3-13-30-22/h2-6,13,18-19,25H,7-12,14-17H2,1H3,(H,31,35)/t18-,19-. The van der Waals surface area contributed by atoms with Crippen LogP contribution in [0.15, 0.2) is 36.5 Å². The van der Waals surface area contributed by atoms with E-state index in [1.807, 2.05) is 37.4 Å². The zero-order valence-corrected chi connectivity index (χ0v) is 20.6. The van der Waals surface area contributed by atoms with E-state index >= 15 is 0 Å². The fraction of sp³-hybridized carbons (Fsp3) is 0.519. The fourth-order valence-corrected chi connectivity index (χ4v) is 5.54. The van der Waals surface area contributed by atoms with Gasteiger partial charge in [-0.15, -0.1) is 0 Å². The van der Waals surface area contributed by atoms with Gasteiger partial charge in [-0.05, 0) is 62.8 Å². The SMILES string of the molecule is Cn1c(OCC(F)F)nc2c1CCN(CC[C@H]1CC[C@H](NC(=O)c3cccc4ncccc34)CC1)C2. The predicted octanol–water partition coefficient (Wildman–Crippen LogP) is 4.35. The summed E-state index contributed by atoms with van der Waals surface area (Å²) >= 11 is 0. The summed E-state index contributed by atoms with van der Waals surface area (Å²) in [5.41, 5.74) is 3.53. The normalized spacial score (nSPS) is 20.4. The molecule has 7 nitrogen and oxygen atoms in total. The fourth-order valence-electron chi connectivity index (χ4n) is 5.54. The van der Waals surface area contributed by atoms with Crippen LogP contribution in [0, 0.1) is 5.92 Å². The summed E-state index contributed by atoms with van der Waals surface area (Å²) in [6, 6.07) is 9.97. The molecule has 0 unspecified atom stereocenters. The molecule has 1 amide bonds. The molecule has 2 aromatic heterocycles. The molecule has 9 heteroatoms. The number of aromatic nitrogens is 3. The second-order valence-corrected chi connectivity index (χ2v) is 9.93. The van der Waals surface area contributed by atoms with Crippen molar-refractivity contribution >= 4 is 16.8 Å². The number of amides is 1. The van der Waals surface area contributed by atoms with Gasteiger partial charge in [-0.1, -0.05) is 12.1 Å². The van der Waals surface area contributed by atoms with Crippen LogP contribution in [0.2, 0.25) is 0 Å². The number of halogens is 2. The summed E-state index contributed by atoms with van der Waals surface area (Å²) in [6.45, 7) is 2.03. The van der Waals surface area contributed by atoms with Crippen molar-refractivity contribution in [1.82, 2.24) is 24.8 Å². The molecule has 0 radical (unpaired) electrons. The summed E-state index contributed by atoms with van der Waals surface area (Å²) in [5.74, 6) is 0.628. The van der Waals surface area contributed by atoms with Crippen LogP contribution in [-0.2, 0) is 20.0 Å². The molecule has 2 aliphatic rings. The summed E-state index contributed by atoms with van der Waals surface area (Å²) < 4.78 is 32.0. The number of hydrogen-bond acceptors (Lipinski definition) is 5. The van der Waals surface area contributed by atoms with Gasteiger partial charge in [0.1, 0.15) is 0 Å². The van der Waals surface area contributed by atoms with Gasteiger partial charge < -0.3 is 14.6 Å². The maximum atomic E-state index is 12.9. The molecule has 5 rings (SSSR count). The van der Waals surface area contributed by atoms with Crippen molar-refractivity contribution in [2.45, 2.75) is 57.5 Å². The van der Waals surface area contributed by atoms with E-state index in [-0.39, 0.29) is 18.0 Å². The van der Waals surface area contributed by atoms with E-state index in [9.17, 15) is 13.6 Å². The highest BCUT2D eigenvalue weighted by Crippen LogP contribution is 2.29. The number of hydrogen-bond donors (Lipinski definition) is 1. The van der Waals surface area contributed by atoms with E-state index in [4.69, 9.17) is 4.74 Å². The van der Waals surface area contributed by atoms with E-state index in [0.717, 1.165) is 80.4 Å². The Kier molecular flexibility index (Phi) is 7.46. The zero-order valence-electron chi connectivity index (χ0n) is 20.6. The van der Waals surface area contributed by atoms with Crippen LogP contribution in [0.25, 0.3) is 10.9 Å². The van der Waals surface area contributed by atoms with Gasteiger partial charge in [0, 0.05) is 55.4 Å². The molecule has 1 fully saturated rings. The van der Waals surface area contributed by atoms with E-state index in [0.29, 0.717) is 11.5 Å². The van der Waals surface area contributed by atoms with Crippen LogP contribution in [0.3, 0.4) is 0 Å². The van der Waals surface area contributed by atoms with Gasteiger partial charge >= 0.3 is 0 Å². The molecule has 0 atom stereocenters. The molecule has 1 saturated carbocycles. The Morgan fingerprint density at radius 2 is 2.03 bits per heavy atom. The van der Waals surface area contributed by atoms with Crippen LogP contribution >= 0.6 is 0 Å². The number of fused-ring (bicyclic) bond motifs is 2. The van der Waals surface area contributed by atoms with Gasteiger partial charge in [0.15, 0.2) is 6.61 Å². The number of imidazole rings is 1. The lowest BCUT2D eigenvalue weighted by atomic mass is 9.84. The second-order valence-electron chi connectivity index (χ2n) is 9.93. The number of nitrogens with zero attached hydrogens (tertiary/aromatic N) is 4. The molecule has 1 aliphatic carbocycles. The smallest absolute Gasteiger partial charge is 0.296 e. The number of benzene rings is 1. The minimum atomic E-state index is -2.51. The maximum Gasteiger partial charge on any atom is 0.296 e. The molecule has 192 valence electrons. The molecule has 1 aromatic carbocycles. The monoisotopic (exact) mass is 497 g/mol. The quantitative estimate of drug-likeness (QED) is 0.501. The van der Waals surface area contributed by atoms with Crippen molar-refractivity contribution in [2.24, 2.45) is 13.0 Å². The van der Waals surface area contributed by atoms with Crippen molar-refractivity contribution in [3.63, 3.8) is 0 Å². The summed E-state index contributed by atoms with van der Waals surface area (Å²) in [4.78, 5) is 24.2. The molecule has 0 spiro atoms. The number of carbonyl (C=O) groups excluding carboxylic acids is 1. The average molecular weight is 498 g/mol. The Morgan fingerprint density at radius 3 is 2.83 bits per heavy atom. The highest BCUT2D eigenvalue weighted by molar-refractivity contribution is 6.06. The molecule has 0 saturated heterocycles. The summed E-state index contributed by atoms with van der Waals surface area (Å²) in [7, 11) is 1.83. The van der Waals surface area contributed by atoms with Gasteiger partial charge in [-0.3, -0.25) is 14.7 Å². The van der Waals surface area contributed by atoms with Crippen molar-refractivity contribution in [2.75, 3.05) is 19.7 Å². The number of rotatable bonds is 8. The Morgan fingerprint density at radius 1 is 1.19 bits per heavy atom. The number of carbonyl (C=O) groups is 1. The Balaban J connectivity index is 1.08. The lowest BCUT2D eigenvalue weighted by Gasteiger charge is -2.32. The Hall–Kier alpha value is -3.07. The molecule has 36 heavy (non-hydrogen) atoms. The third-order valence-electron chi connectivity index (χ3n) is 7.56. The number of ether oxygens (including phenoxy) is 1. The second kappa shape index (κ2) is 10.9. The van der Waals surface area contributed by atoms with E-state index in [1.165, 1.54) is 0 Å². The van der Waals surface area contributed by atoms with Gasteiger partial charge in [-0.25, -0.2) is 8.78 Å². The lowest BCUT2D eigenvalue weighted by Crippen LogP contribution is -2.38. The Bertz CT molecular complexity index is 1200. The van der Waals surface area contributed by atoms with Gasteiger partial charge in [0.05, 0.1) is 11.2 Å². The van der Waals surface area contributed by atoms with E-state index in [2.05, 4.69) is 20.2 Å². The number of pyridine rings is 1. The van der Waals surface area contributed by atoms with Gasteiger partial charge in [0.2, 0.25) is 0 Å². The molecule has 0 bridgehead atoms. The third kappa shape index (κ3) is 5.51. The first-order chi connectivity index (χ1) is 17.5. The molecular weight excluding hydrogens is 464 g/mol. The van der Waals surface area contributed by atoms with Gasteiger partial charge in [0.25, 0.3) is 18.3 Å². The van der Waals surface area contributed by atoms with Crippen molar-refractivity contribution in [1.29, 1.82) is 0 Å². The van der Waals surface area contributed by atoms with E-state index < -0.39 is 13.0 Å². The number of nitrogens with one attached hydrogen (secondary N) is 1. The molecule has 1 aliphatic heterocycles. The maximum absolute atomic E-state index is 12.9. The van der Waals surface area contributed by atoms with Crippen LogP contribution in [0.1, 0.15) is 53.8 Å². The van der Waals surface area contributed by atoms with Crippen molar-refractivity contribution < 1.29 is 18.3 Å². The first kappa shape index (κ1) is 24.6. The minimum absolute atomic E-state index is 0.0200. The van der Waals surface area contributed by atoms with E-state index in [1.54, 1.807) is 10.8 Å². The van der Waals surface area contributed by atoms with Crippen LogP contribution in [0.4, 0.5) is 8.78 Å². The number of alkyl halides is 2. The van der Waals surface area contributed by atoms with Crippen molar-refractivity contribution in [3.8, 4) is 6.01 Å². The molecule has 3 aromatic rings. The zero-order chi connectivity index (χ0) is 25.1. The first-order valence-electron chi connectivity index (χ1n) is 12.8. The summed E-state index contributed by atoms with van der Waals surface area (Å²) in [5, 5.41) is 4.13. The molecular formula is C27H33F2N5O2. The predicted molar refractivity (Wildman–Crippen MR) is 133 cm³/mol. The third-order valence-corrected chi connectivity index (χ3v) is 7.56. The Labute approximate surface area is 209 Å². The van der Waals surface area contributed by atoms with Crippen molar-refractivity contribution in [3.05, 3.63) is 53.5 Å². The minimum Gasteiger partial charge on any atom is -0.459 e. The molecule has 1 N–H and O–H groups in total. The lowest BCUT2D eigenvalue weighted by molar-refractivity contribution is 0.0754. The van der Waals surface area contributed by atoms with Crippen LogP contribution in [0.5, 0.6) is 6.01 Å². The average Bonchev–Trinajstić information content (AvgIpc) is 3.21. The topological polar surface area (TPSA) is 72.3 Å². The summed E-state index contributed by atoms with van der Waals surface area (Å²) in [6.07, 6.45) is 5.41. The molecule has 3 heterocycles.